The first-order valence-electron chi connectivity index (χ1n) is 11.3. The Kier molecular flexibility index (Phi) is 15.4. The van der Waals surface area contributed by atoms with Crippen LogP contribution in [0, 0.1) is 0 Å². The highest BCUT2D eigenvalue weighted by Gasteiger charge is 2.16. The molecule has 0 atom stereocenters. The van der Waals surface area contributed by atoms with E-state index in [4.69, 9.17) is 10.7 Å². The highest BCUT2D eigenvalue weighted by atomic mass is 16.1. The third-order valence-corrected chi connectivity index (χ3v) is 4.65. The number of aldehydes is 1. The lowest BCUT2D eigenvalue weighted by molar-refractivity contribution is -0.104. The van der Waals surface area contributed by atoms with Gasteiger partial charge in [-0.2, -0.15) is 0 Å². The van der Waals surface area contributed by atoms with Crippen molar-refractivity contribution in [3.8, 4) is 0 Å². The van der Waals surface area contributed by atoms with E-state index in [1.807, 2.05) is 32.9 Å². The van der Waals surface area contributed by atoms with Gasteiger partial charge in [-0.05, 0) is 51.5 Å². The summed E-state index contributed by atoms with van der Waals surface area (Å²) >= 11 is 0. The van der Waals surface area contributed by atoms with Crippen LogP contribution in [-0.2, 0) is 4.79 Å². The van der Waals surface area contributed by atoms with Gasteiger partial charge in [-0.25, -0.2) is 9.98 Å². The monoisotopic (exact) mass is 451 g/mol. The van der Waals surface area contributed by atoms with Crippen LogP contribution in [0.5, 0.6) is 0 Å². The minimum atomic E-state index is 0.278. The van der Waals surface area contributed by atoms with Crippen LogP contribution in [0.4, 0.5) is 0 Å². The maximum Gasteiger partial charge on any atom is 0.154 e. The molecule has 0 unspecified atom stereocenters. The molecule has 0 fully saturated rings. The number of nitrogens with zero attached hydrogens (tertiary/aromatic N) is 2. The number of amidine groups is 1. The van der Waals surface area contributed by atoms with Crippen LogP contribution in [0.3, 0.4) is 0 Å². The fourth-order valence-electron chi connectivity index (χ4n) is 2.95. The molecule has 0 spiro atoms. The van der Waals surface area contributed by atoms with Crippen LogP contribution in [0.15, 0.2) is 93.0 Å². The van der Waals surface area contributed by atoms with Gasteiger partial charge in [0.25, 0.3) is 0 Å². The molecule has 0 rings (SSSR count). The maximum absolute atomic E-state index is 12.2. The SMILES string of the molecule is C=CC(/C(=C\CC)N=C(/C(C=O)=C(C)/N=C(N)/C=C\NC)/C(=C\C)NC)=C(C)\C=C/CCC. The normalized spacial score (nSPS) is 15.5. The predicted octanol–water partition coefficient (Wildman–Crippen LogP) is 5.27. The van der Waals surface area contributed by atoms with E-state index in [2.05, 4.69) is 41.3 Å². The quantitative estimate of drug-likeness (QED) is 0.110. The molecule has 0 saturated heterocycles. The Bertz CT molecular complexity index is 909. The molecule has 6 nitrogen and oxygen atoms in total. The number of unbranched alkanes of at least 4 members (excludes halogenated alkanes) is 1. The van der Waals surface area contributed by atoms with E-state index in [9.17, 15) is 4.79 Å². The molecule has 0 aliphatic rings. The highest BCUT2D eigenvalue weighted by molar-refractivity contribution is 6.23. The molecule has 0 aliphatic heterocycles. The summed E-state index contributed by atoms with van der Waals surface area (Å²) in [6, 6.07) is 0. The van der Waals surface area contributed by atoms with E-state index < -0.39 is 0 Å². The fraction of sp³-hybridized carbons (Fsp3) is 0.370. The Morgan fingerprint density at radius 3 is 2.27 bits per heavy atom. The smallest absolute Gasteiger partial charge is 0.154 e. The van der Waals surface area contributed by atoms with Crippen LogP contribution < -0.4 is 16.4 Å². The van der Waals surface area contributed by atoms with Crippen LogP contribution >= 0.6 is 0 Å². The number of nitrogens with one attached hydrogen (secondary N) is 2. The van der Waals surface area contributed by atoms with E-state index in [1.165, 1.54) is 0 Å². The van der Waals surface area contributed by atoms with Gasteiger partial charge in [0.1, 0.15) is 5.84 Å². The van der Waals surface area contributed by atoms with Crippen molar-refractivity contribution in [2.24, 2.45) is 15.7 Å². The lowest BCUT2D eigenvalue weighted by Gasteiger charge is -2.15. The summed E-state index contributed by atoms with van der Waals surface area (Å²) < 4.78 is 0. The third-order valence-electron chi connectivity index (χ3n) is 4.65. The number of nitrogens with two attached hydrogens (primary N) is 1. The van der Waals surface area contributed by atoms with Crippen molar-refractivity contribution in [2.75, 3.05) is 14.1 Å². The maximum atomic E-state index is 12.2. The molecule has 0 radical (unpaired) electrons. The van der Waals surface area contributed by atoms with E-state index in [1.54, 1.807) is 39.4 Å². The molecule has 0 bridgehead atoms. The predicted molar refractivity (Wildman–Crippen MR) is 144 cm³/mol. The molecule has 0 aliphatic carbocycles. The first kappa shape index (κ1) is 29.6. The summed E-state index contributed by atoms with van der Waals surface area (Å²) in [6.45, 7) is 13.9. The lowest BCUT2D eigenvalue weighted by atomic mass is 10.0. The number of hydrogen-bond donors (Lipinski definition) is 3. The minimum absolute atomic E-state index is 0.278. The zero-order chi connectivity index (χ0) is 25.2. The van der Waals surface area contributed by atoms with Crippen molar-refractivity contribution in [1.82, 2.24) is 10.6 Å². The Morgan fingerprint density at radius 2 is 1.79 bits per heavy atom. The van der Waals surface area contributed by atoms with Crippen molar-refractivity contribution in [2.45, 2.75) is 53.9 Å². The number of aliphatic imine (C=N–C) groups is 2. The second-order valence-electron chi connectivity index (χ2n) is 7.18. The van der Waals surface area contributed by atoms with Crippen molar-refractivity contribution in [3.05, 3.63) is 83.0 Å². The van der Waals surface area contributed by atoms with Crippen LogP contribution in [0.25, 0.3) is 0 Å². The number of carbonyl (C=O) groups excluding carboxylic acids is 1. The molecular formula is C27H41N5O. The summed E-state index contributed by atoms with van der Waals surface area (Å²) in [5.74, 6) is 0.278. The summed E-state index contributed by atoms with van der Waals surface area (Å²) in [5, 5.41) is 6.00. The van der Waals surface area contributed by atoms with Gasteiger partial charge in [-0.1, -0.05) is 57.2 Å². The molecule has 4 N–H and O–H groups in total. The molecular weight excluding hydrogens is 410 g/mol. The molecule has 6 heteroatoms. The second kappa shape index (κ2) is 17.2. The van der Waals surface area contributed by atoms with Crippen molar-refractivity contribution in [1.29, 1.82) is 0 Å². The topological polar surface area (TPSA) is 91.9 Å². The second-order valence-corrected chi connectivity index (χ2v) is 7.18. The molecule has 0 aromatic heterocycles. The molecule has 33 heavy (non-hydrogen) atoms. The van der Waals surface area contributed by atoms with Crippen molar-refractivity contribution < 1.29 is 4.79 Å². The summed E-state index contributed by atoms with van der Waals surface area (Å²) in [6.07, 6.45) is 16.9. The number of rotatable bonds is 14. The van der Waals surface area contributed by atoms with Gasteiger partial charge in [0.05, 0.1) is 28.4 Å². The van der Waals surface area contributed by atoms with Gasteiger partial charge in [0.15, 0.2) is 6.29 Å². The summed E-state index contributed by atoms with van der Waals surface area (Å²) in [4.78, 5) is 21.5. The fourth-order valence-corrected chi connectivity index (χ4v) is 2.95. The average Bonchev–Trinajstić information content (AvgIpc) is 2.79. The number of hydrogen-bond acceptors (Lipinski definition) is 5. The summed E-state index contributed by atoms with van der Waals surface area (Å²) in [5.41, 5.74) is 10.7. The van der Waals surface area contributed by atoms with Gasteiger partial charge in [0.2, 0.25) is 0 Å². The largest absolute Gasteiger partial charge is 0.394 e. The average molecular weight is 452 g/mol. The van der Waals surface area contributed by atoms with Gasteiger partial charge in [-0.3, -0.25) is 4.79 Å². The van der Waals surface area contributed by atoms with Crippen molar-refractivity contribution >= 4 is 17.8 Å². The first-order valence-corrected chi connectivity index (χ1v) is 11.3. The van der Waals surface area contributed by atoms with Gasteiger partial charge >= 0.3 is 0 Å². The van der Waals surface area contributed by atoms with Gasteiger partial charge < -0.3 is 16.4 Å². The van der Waals surface area contributed by atoms with E-state index in [0.29, 0.717) is 22.7 Å². The van der Waals surface area contributed by atoms with Gasteiger partial charge in [0, 0.05) is 19.7 Å². The Hall–Kier alpha value is -3.41. The highest BCUT2D eigenvalue weighted by Crippen LogP contribution is 2.23. The Morgan fingerprint density at radius 1 is 1.09 bits per heavy atom. The van der Waals surface area contributed by atoms with E-state index in [-0.39, 0.29) is 5.84 Å². The van der Waals surface area contributed by atoms with Crippen LogP contribution in [0.1, 0.15) is 53.9 Å². The van der Waals surface area contributed by atoms with Crippen molar-refractivity contribution in [3.63, 3.8) is 0 Å². The lowest BCUT2D eigenvalue weighted by Crippen LogP contribution is -2.21. The Labute approximate surface area is 200 Å². The van der Waals surface area contributed by atoms with Crippen LogP contribution in [-0.4, -0.2) is 31.9 Å². The minimum Gasteiger partial charge on any atom is -0.394 e. The molecule has 0 amide bonds. The third kappa shape index (κ3) is 10.2. The molecule has 0 heterocycles. The number of allylic oxidation sites excluding steroid dienone is 8. The van der Waals surface area contributed by atoms with Crippen LogP contribution in [0.2, 0.25) is 0 Å². The van der Waals surface area contributed by atoms with E-state index >= 15 is 0 Å². The first-order chi connectivity index (χ1) is 15.8. The molecule has 180 valence electrons. The Balaban J connectivity index is 7.02. The van der Waals surface area contributed by atoms with E-state index in [0.717, 1.165) is 42.4 Å². The summed E-state index contributed by atoms with van der Waals surface area (Å²) in [7, 11) is 3.56. The molecule has 0 aromatic carbocycles. The molecule has 0 aromatic rings. The zero-order valence-corrected chi connectivity index (χ0v) is 21.3. The standard InChI is InChI=1S/C27H41N5O/c1-9-13-14-16-20(5)22(11-3)25(15-10-2)32-27(24(12-4)30-8)23(19-33)21(6)31-26(28)17-18-29-7/h11-12,14-19,29-30H,3,9-10,13H2,1-2,4-8H3,(H2,28,31)/b16-14-,18-17-,22-20+,23-21+,24-12+,25-15+,32-27?. The number of carbonyl (C=O) groups is 1. The molecule has 0 saturated carbocycles. The zero-order valence-electron chi connectivity index (χ0n) is 21.3. The van der Waals surface area contributed by atoms with Gasteiger partial charge in [-0.15, -0.1) is 0 Å².